The Hall–Kier alpha value is -2.04. The van der Waals surface area contributed by atoms with Gasteiger partial charge in [-0.1, -0.05) is 0 Å². The molecule has 1 N–H and O–H groups in total. The fraction of sp³-hybridized carbons (Fsp3) is 0.438. The molecule has 1 aliphatic heterocycles. The maximum Gasteiger partial charge on any atom is 0.251 e. The van der Waals surface area contributed by atoms with Crippen LogP contribution in [0.15, 0.2) is 35.4 Å². The lowest BCUT2D eigenvalue weighted by Crippen LogP contribution is -2.44. The van der Waals surface area contributed by atoms with Gasteiger partial charge in [0.05, 0.1) is 22.8 Å². The molecule has 1 amide bonds. The second-order valence-electron chi connectivity index (χ2n) is 6.31. The molecule has 0 aliphatic carbocycles. The summed E-state index contributed by atoms with van der Waals surface area (Å²) in [6, 6.07) is 6.10. The Morgan fingerprint density at radius 2 is 1.88 bits per heavy atom. The molecule has 26 heavy (non-hydrogen) atoms. The smallest absolute Gasteiger partial charge is 0.251 e. The number of rotatable bonds is 5. The van der Waals surface area contributed by atoms with E-state index < -0.39 is 10.0 Å². The van der Waals surface area contributed by atoms with E-state index in [2.05, 4.69) is 19.0 Å². The van der Waals surface area contributed by atoms with Gasteiger partial charge in [-0.3, -0.25) is 4.79 Å². The number of hydrogen-bond acceptors (Lipinski definition) is 7. The largest absolute Gasteiger partial charge is 0.354 e. The molecule has 0 atom stereocenters. The number of piperidine rings is 1. The third kappa shape index (κ3) is 4.02. The van der Waals surface area contributed by atoms with Gasteiger partial charge in [-0.05, 0) is 37.1 Å². The van der Waals surface area contributed by atoms with E-state index in [0.717, 1.165) is 36.1 Å². The SMILES string of the molecule is CN(C)S(=O)(=O)c1ccc(C(=O)NC2CCN(c3cnsn3)CC2)cc1. The summed E-state index contributed by atoms with van der Waals surface area (Å²) in [7, 11) is -0.536. The summed E-state index contributed by atoms with van der Waals surface area (Å²) in [5.41, 5.74) is 0.453. The number of carbonyl (C=O) groups excluding carboxylic acids is 1. The minimum Gasteiger partial charge on any atom is -0.354 e. The zero-order valence-electron chi connectivity index (χ0n) is 14.6. The lowest BCUT2D eigenvalue weighted by Gasteiger charge is -2.32. The highest BCUT2D eigenvalue weighted by Gasteiger charge is 2.23. The summed E-state index contributed by atoms with van der Waals surface area (Å²) in [5.74, 6) is 0.699. The Balaban J connectivity index is 1.57. The molecular weight excluding hydrogens is 374 g/mol. The van der Waals surface area contributed by atoms with Crippen molar-refractivity contribution in [3.63, 3.8) is 0 Å². The Bertz CT molecular complexity index is 843. The Labute approximate surface area is 157 Å². The van der Waals surface area contributed by atoms with Crippen molar-refractivity contribution in [2.24, 2.45) is 0 Å². The molecule has 10 heteroatoms. The molecule has 140 valence electrons. The summed E-state index contributed by atoms with van der Waals surface area (Å²) in [6.45, 7) is 1.63. The molecule has 0 unspecified atom stereocenters. The van der Waals surface area contributed by atoms with Gasteiger partial charge in [0.25, 0.3) is 5.91 Å². The molecule has 1 aromatic carbocycles. The van der Waals surface area contributed by atoms with Crippen molar-refractivity contribution in [3.05, 3.63) is 36.0 Å². The average Bonchev–Trinajstić information content (AvgIpc) is 3.17. The van der Waals surface area contributed by atoms with Crippen LogP contribution in [-0.2, 0) is 10.0 Å². The van der Waals surface area contributed by atoms with E-state index in [1.54, 1.807) is 18.3 Å². The monoisotopic (exact) mass is 395 g/mol. The molecule has 0 spiro atoms. The van der Waals surface area contributed by atoms with Crippen LogP contribution in [0.4, 0.5) is 5.82 Å². The van der Waals surface area contributed by atoms with Crippen LogP contribution >= 0.6 is 11.7 Å². The topological polar surface area (TPSA) is 95.5 Å². The summed E-state index contributed by atoms with van der Waals surface area (Å²) < 4.78 is 33.5. The normalized spacial score (nSPS) is 16.0. The molecule has 1 aliphatic rings. The van der Waals surface area contributed by atoms with E-state index in [1.807, 2.05) is 0 Å². The first-order valence-corrected chi connectivity index (χ1v) is 10.4. The van der Waals surface area contributed by atoms with Gasteiger partial charge in [0.2, 0.25) is 10.0 Å². The molecule has 1 saturated heterocycles. The maximum absolute atomic E-state index is 12.4. The second kappa shape index (κ2) is 7.68. The van der Waals surface area contributed by atoms with Gasteiger partial charge in [-0.15, -0.1) is 0 Å². The molecule has 1 fully saturated rings. The van der Waals surface area contributed by atoms with Crippen LogP contribution in [0, 0.1) is 0 Å². The van der Waals surface area contributed by atoms with E-state index in [-0.39, 0.29) is 16.8 Å². The minimum atomic E-state index is -3.49. The summed E-state index contributed by atoms with van der Waals surface area (Å²) in [4.78, 5) is 14.7. The molecule has 0 radical (unpaired) electrons. The average molecular weight is 396 g/mol. The van der Waals surface area contributed by atoms with Crippen LogP contribution in [0.2, 0.25) is 0 Å². The van der Waals surface area contributed by atoms with Gasteiger partial charge in [0.1, 0.15) is 0 Å². The number of nitrogens with zero attached hydrogens (tertiary/aromatic N) is 4. The number of carbonyl (C=O) groups is 1. The molecular formula is C16H21N5O3S2. The third-order valence-electron chi connectivity index (χ3n) is 4.40. The maximum atomic E-state index is 12.4. The standard InChI is InChI=1S/C16H21N5O3S2/c1-20(2)26(23,24)14-5-3-12(4-6-14)16(22)18-13-7-9-21(10-8-13)15-11-17-25-19-15/h3-6,11,13H,7-10H2,1-2H3,(H,18,22). The third-order valence-corrected chi connectivity index (χ3v) is 6.70. The number of anilines is 1. The van der Waals surface area contributed by atoms with Gasteiger partial charge < -0.3 is 10.2 Å². The highest BCUT2D eigenvalue weighted by Crippen LogP contribution is 2.19. The van der Waals surface area contributed by atoms with Gasteiger partial charge in [0, 0.05) is 38.8 Å². The first kappa shape index (κ1) is 18.7. The number of nitrogens with one attached hydrogen (secondary N) is 1. The summed E-state index contributed by atoms with van der Waals surface area (Å²) >= 11 is 1.19. The first-order chi connectivity index (χ1) is 12.4. The van der Waals surface area contributed by atoms with Gasteiger partial charge in [-0.2, -0.15) is 8.75 Å². The predicted molar refractivity (Wildman–Crippen MR) is 99.9 cm³/mol. The zero-order chi connectivity index (χ0) is 18.7. The first-order valence-electron chi connectivity index (χ1n) is 8.24. The zero-order valence-corrected chi connectivity index (χ0v) is 16.3. The highest BCUT2D eigenvalue weighted by atomic mass is 32.2. The number of benzene rings is 1. The van der Waals surface area contributed by atoms with Gasteiger partial charge in [-0.25, -0.2) is 12.7 Å². The van der Waals surface area contributed by atoms with Crippen LogP contribution < -0.4 is 10.2 Å². The van der Waals surface area contributed by atoms with E-state index in [1.165, 1.54) is 38.0 Å². The highest BCUT2D eigenvalue weighted by molar-refractivity contribution is 7.89. The molecule has 0 bridgehead atoms. The molecule has 2 heterocycles. The van der Waals surface area contributed by atoms with Crippen LogP contribution in [0.5, 0.6) is 0 Å². The van der Waals surface area contributed by atoms with Crippen molar-refractivity contribution in [1.29, 1.82) is 0 Å². The molecule has 0 saturated carbocycles. The number of aromatic nitrogens is 2. The van der Waals surface area contributed by atoms with Crippen molar-refractivity contribution in [3.8, 4) is 0 Å². The van der Waals surface area contributed by atoms with E-state index in [4.69, 9.17) is 0 Å². The van der Waals surface area contributed by atoms with E-state index >= 15 is 0 Å². The van der Waals surface area contributed by atoms with Crippen molar-refractivity contribution < 1.29 is 13.2 Å². The predicted octanol–water partition coefficient (Wildman–Crippen LogP) is 1.19. The number of sulfonamides is 1. The van der Waals surface area contributed by atoms with Crippen LogP contribution in [0.1, 0.15) is 23.2 Å². The van der Waals surface area contributed by atoms with Crippen molar-refractivity contribution in [1.82, 2.24) is 18.4 Å². The van der Waals surface area contributed by atoms with Crippen molar-refractivity contribution in [2.45, 2.75) is 23.8 Å². The Kier molecular flexibility index (Phi) is 5.54. The summed E-state index contributed by atoms with van der Waals surface area (Å²) in [6.07, 6.45) is 3.42. The fourth-order valence-corrected chi connectivity index (χ4v) is 4.15. The molecule has 2 aromatic rings. The number of amides is 1. The van der Waals surface area contributed by atoms with Crippen molar-refractivity contribution in [2.75, 3.05) is 32.1 Å². The van der Waals surface area contributed by atoms with Crippen LogP contribution in [0.3, 0.4) is 0 Å². The van der Waals surface area contributed by atoms with E-state index in [0.29, 0.717) is 5.56 Å². The molecule has 3 rings (SSSR count). The Morgan fingerprint density at radius 1 is 1.23 bits per heavy atom. The lowest BCUT2D eigenvalue weighted by molar-refractivity contribution is 0.0931. The molecule has 1 aromatic heterocycles. The lowest BCUT2D eigenvalue weighted by atomic mass is 10.0. The number of hydrogen-bond donors (Lipinski definition) is 1. The fourth-order valence-electron chi connectivity index (χ4n) is 2.81. The van der Waals surface area contributed by atoms with Crippen LogP contribution in [-0.4, -0.2) is 60.6 Å². The quantitative estimate of drug-likeness (QED) is 0.817. The Morgan fingerprint density at radius 3 is 2.42 bits per heavy atom. The second-order valence-corrected chi connectivity index (χ2v) is 9.02. The van der Waals surface area contributed by atoms with Crippen molar-refractivity contribution >= 4 is 33.5 Å². The molecule has 8 nitrogen and oxygen atoms in total. The van der Waals surface area contributed by atoms with E-state index in [9.17, 15) is 13.2 Å². The minimum absolute atomic E-state index is 0.0931. The summed E-state index contributed by atoms with van der Waals surface area (Å²) in [5, 5.41) is 3.02. The van der Waals surface area contributed by atoms with Gasteiger partial charge >= 0.3 is 0 Å². The van der Waals surface area contributed by atoms with Crippen LogP contribution in [0.25, 0.3) is 0 Å². The van der Waals surface area contributed by atoms with Gasteiger partial charge in [0.15, 0.2) is 5.82 Å².